The number of hydrogen-bond donors (Lipinski definition) is 1. The molecule has 0 fully saturated rings. The Kier molecular flexibility index (Phi) is 4.08. The van der Waals surface area contributed by atoms with Crippen molar-refractivity contribution in [3.8, 4) is 0 Å². The molecule has 4 nitrogen and oxygen atoms in total. The van der Waals surface area contributed by atoms with Gasteiger partial charge >= 0.3 is 0 Å². The van der Waals surface area contributed by atoms with E-state index in [9.17, 15) is 0 Å². The van der Waals surface area contributed by atoms with Gasteiger partial charge in [0.15, 0.2) is 5.82 Å². The molecule has 0 spiro atoms. The molecule has 2 aromatic rings. The van der Waals surface area contributed by atoms with Gasteiger partial charge < -0.3 is 0 Å². The fraction of sp³-hybridized carbons (Fsp3) is 0.250. The summed E-state index contributed by atoms with van der Waals surface area (Å²) in [6.45, 7) is 4.10. The van der Waals surface area contributed by atoms with Gasteiger partial charge in [0.1, 0.15) is 0 Å². The van der Waals surface area contributed by atoms with Crippen LogP contribution in [0, 0.1) is 4.77 Å². The zero-order chi connectivity index (χ0) is 13.1. The maximum absolute atomic E-state index is 5.16. The summed E-state index contributed by atoms with van der Waals surface area (Å²) in [6, 6.07) is 7.88. The van der Waals surface area contributed by atoms with Crippen molar-refractivity contribution in [2.75, 3.05) is 0 Å². The molecule has 94 valence electrons. The Balaban J connectivity index is 2.38. The lowest BCUT2D eigenvalue weighted by molar-refractivity contribution is 0.695. The van der Waals surface area contributed by atoms with Gasteiger partial charge in [-0.3, -0.25) is 5.10 Å². The lowest BCUT2D eigenvalue weighted by Crippen LogP contribution is -2.01. The summed E-state index contributed by atoms with van der Waals surface area (Å²) in [6.07, 6.45) is 1.77. The summed E-state index contributed by atoms with van der Waals surface area (Å²) in [7, 11) is 0. The van der Waals surface area contributed by atoms with Gasteiger partial charge in [0.05, 0.1) is 6.21 Å². The number of halogens is 1. The quantitative estimate of drug-likeness (QED) is 0.691. The van der Waals surface area contributed by atoms with E-state index in [2.05, 4.69) is 45.1 Å². The standard InChI is InChI=1S/C12H13BrN4S/c1-8(2)11-15-16-12(18)17(11)14-7-9-5-3-4-6-10(9)13/h3-8H,1-2H3,(H,16,18). The van der Waals surface area contributed by atoms with E-state index < -0.39 is 0 Å². The van der Waals surface area contributed by atoms with E-state index in [4.69, 9.17) is 12.2 Å². The molecule has 0 atom stereocenters. The Labute approximate surface area is 119 Å². The molecule has 18 heavy (non-hydrogen) atoms. The van der Waals surface area contributed by atoms with Gasteiger partial charge in [-0.2, -0.15) is 14.9 Å². The molecule has 0 aliphatic heterocycles. The van der Waals surface area contributed by atoms with Gasteiger partial charge in [-0.05, 0) is 18.3 Å². The highest BCUT2D eigenvalue weighted by atomic mass is 79.9. The average molecular weight is 325 g/mol. The Morgan fingerprint density at radius 2 is 2.17 bits per heavy atom. The first-order valence-electron chi connectivity index (χ1n) is 5.56. The number of nitrogens with one attached hydrogen (secondary N) is 1. The Hall–Kier alpha value is -1.27. The predicted molar refractivity (Wildman–Crippen MR) is 78.6 cm³/mol. The van der Waals surface area contributed by atoms with Gasteiger partial charge in [-0.15, -0.1) is 0 Å². The second kappa shape index (κ2) is 5.58. The first-order chi connectivity index (χ1) is 8.59. The third-order valence-electron chi connectivity index (χ3n) is 2.41. The molecule has 0 aliphatic rings. The SMILES string of the molecule is CC(C)c1n[nH]c(=S)n1N=Cc1ccccc1Br. The van der Waals surface area contributed by atoms with Crippen LogP contribution in [0.5, 0.6) is 0 Å². The van der Waals surface area contributed by atoms with Crippen LogP contribution in [0.4, 0.5) is 0 Å². The molecular weight excluding hydrogens is 312 g/mol. The third kappa shape index (κ3) is 2.76. The van der Waals surface area contributed by atoms with Gasteiger partial charge in [-0.1, -0.05) is 48.0 Å². The van der Waals surface area contributed by atoms with Crippen LogP contribution >= 0.6 is 28.1 Å². The normalized spacial score (nSPS) is 11.6. The maximum Gasteiger partial charge on any atom is 0.216 e. The molecule has 1 heterocycles. The van der Waals surface area contributed by atoms with E-state index in [1.165, 1.54) is 0 Å². The van der Waals surface area contributed by atoms with Crippen LogP contribution in [0.25, 0.3) is 0 Å². The Morgan fingerprint density at radius 3 is 2.83 bits per heavy atom. The highest BCUT2D eigenvalue weighted by molar-refractivity contribution is 9.10. The first-order valence-corrected chi connectivity index (χ1v) is 6.76. The van der Waals surface area contributed by atoms with Gasteiger partial charge in [-0.25, -0.2) is 0 Å². The number of benzene rings is 1. The van der Waals surface area contributed by atoms with E-state index in [-0.39, 0.29) is 5.92 Å². The van der Waals surface area contributed by atoms with Gasteiger partial charge in [0, 0.05) is 16.0 Å². The van der Waals surface area contributed by atoms with Crippen molar-refractivity contribution in [2.45, 2.75) is 19.8 Å². The summed E-state index contributed by atoms with van der Waals surface area (Å²) < 4.78 is 3.15. The van der Waals surface area contributed by atoms with Crippen molar-refractivity contribution in [3.05, 3.63) is 44.9 Å². The number of aromatic amines is 1. The van der Waals surface area contributed by atoms with Gasteiger partial charge in [0.25, 0.3) is 0 Å². The molecule has 1 aromatic heterocycles. The van der Waals surface area contributed by atoms with Crippen molar-refractivity contribution < 1.29 is 0 Å². The summed E-state index contributed by atoms with van der Waals surface area (Å²) in [5.41, 5.74) is 0.996. The van der Waals surface area contributed by atoms with Gasteiger partial charge in [0.2, 0.25) is 4.77 Å². The van der Waals surface area contributed by atoms with Crippen LogP contribution in [-0.4, -0.2) is 21.1 Å². The van der Waals surface area contributed by atoms with E-state index in [0.29, 0.717) is 4.77 Å². The van der Waals surface area contributed by atoms with Crippen molar-refractivity contribution in [2.24, 2.45) is 5.10 Å². The lowest BCUT2D eigenvalue weighted by atomic mass is 10.2. The monoisotopic (exact) mass is 324 g/mol. The minimum Gasteiger partial charge on any atom is -0.250 e. The second-order valence-electron chi connectivity index (χ2n) is 4.12. The average Bonchev–Trinajstić information content (AvgIpc) is 2.70. The van der Waals surface area contributed by atoms with E-state index in [1.807, 2.05) is 24.3 Å². The van der Waals surface area contributed by atoms with Crippen molar-refractivity contribution in [1.29, 1.82) is 0 Å². The molecular formula is C12H13BrN4S. The summed E-state index contributed by atoms with van der Waals surface area (Å²) in [5.74, 6) is 1.08. The maximum atomic E-state index is 5.16. The molecule has 0 saturated heterocycles. The van der Waals surface area contributed by atoms with Crippen LogP contribution in [0.1, 0.15) is 31.2 Å². The summed E-state index contributed by atoms with van der Waals surface area (Å²) in [4.78, 5) is 0. The Bertz CT molecular complexity index is 627. The molecule has 6 heteroatoms. The first kappa shape index (κ1) is 13.2. The fourth-order valence-electron chi connectivity index (χ4n) is 1.49. The van der Waals surface area contributed by atoms with Crippen LogP contribution in [0.3, 0.4) is 0 Å². The molecule has 0 radical (unpaired) electrons. The highest BCUT2D eigenvalue weighted by Crippen LogP contribution is 2.15. The zero-order valence-corrected chi connectivity index (χ0v) is 12.5. The van der Waals surface area contributed by atoms with Crippen molar-refractivity contribution in [3.63, 3.8) is 0 Å². The van der Waals surface area contributed by atoms with Crippen LogP contribution in [-0.2, 0) is 0 Å². The van der Waals surface area contributed by atoms with Crippen molar-refractivity contribution >= 4 is 34.4 Å². The molecule has 0 amide bonds. The molecule has 0 bridgehead atoms. The van der Waals surface area contributed by atoms with Crippen LogP contribution in [0.2, 0.25) is 0 Å². The lowest BCUT2D eigenvalue weighted by Gasteiger charge is -2.03. The third-order valence-corrected chi connectivity index (χ3v) is 3.40. The Morgan fingerprint density at radius 1 is 1.44 bits per heavy atom. The van der Waals surface area contributed by atoms with Crippen LogP contribution in [0.15, 0.2) is 33.8 Å². The second-order valence-corrected chi connectivity index (χ2v) is 5.36. The molecule has 2 rings (SSSR count). The minimum absolute atomic E-state index is 0.259. The summed E-state index contributed by atoms with van der Waals surface area (Å²) in [5, 5.41) is 11.3. The summed E-state index contributed by atoms with van der Waals surface area (Å²) >= 11 is 8.64. The molecule has 0 saturated carbocycles. The number of rotatable bonds is 3. The zero-order valence-electron chi connectivity index (χ0n) is 10.1. The number of hydrogen-bond acceptors (Lipinski definition) is 3. The molecule has 0 unspecified atom stereocenters. The van der Waals surface area contributed by atoms with E-state index in [0.717, 1.165) is 15.9 Å². The van der Waals surface area contributed by atoms with E-state index in [1.54, 1.807) is 10.9 Å². The number of nitrogens with zero attached hydrogens (tertiary/aromatic N) is 3. The molecule has 1 aromatic carbocycles. The van der Waals surface area contributed by atoms with Crippen molar-refractivity contribution in [1.82, 2.24) is 14.9 Å². The fourth-order valence-corrected chi connectivity index (χ4v) is 2.06. The predicted octanol–water partition coefficient (Wildman–Crippen LogP) is 3.71. The number of aromatic nitrogens is 3. The van der Waals surface area contributed by atoms with Crippen LogP contribution < -0.4 is 0 Å². The smallest absolute Gasteiger partial charge is 0.216 e. The largest absolute Gasteiger partial charge is 0.250 e. The molecule has 1 N–H and O–H groups in total. The van der Waals surface area contributed by atoms with E-state index >= 15 is 0 Å². The highest BCUT2D eigenvalue weighted by Gasteiger charge is 2.08. The topological polar surface area (TPSA) is 46.0 Å². The minimum atomic E-state index is 0.259. The number of H-pyrrole nitrogens is 1. The molecule has 0 aliphatic carbocycles.